The summed E-state index contributed by atoms with van der Waals surface area (Å²) in [5, 5.41) is 3.34. The van der Waals surface area contributed by atoms with Gasteiger partial charge in [-0.2, -0.15) is 5.20 Å². The van der Waals surface area contributed by atoms with Crippen molar-refractivity contribution in [1.82, 2.24) is 0 Å². The minimum absolute atomic E-state index is 0. The van der Waals surface area contributed by atoms with Gasteiger partial charge in [0.15, 0.2) is 0 Å². The first kappa shape index (κ1) is 34.1. The van der Waals surface area contributed by atoms with E-state index in [0.717, 1.165) is 0 Å². The Morgan fingerprint density at radius 1 is 0.724 bits per heavy atom. The molecule has 1 aromatic rings. The second-order valence-electron chi connectivity index (χ2n) is 7.97. The van der Waals surface area contributed by atoms with Crippen molar-refractivity contribution in [2.45, 2.75) is 93.4 Å². The van der Waals surface area contributed by atoms with Crippen LogP contribution in [0.1, 0.15) is 86.6 Å². The Bertz CT molecular complexity index is 680. The van der Waals surface area contributed by atoms with Gasteiger partial charge in [0.1, 0.15) is 0 Å². The van der Waals surface area contributed by atoms with Crippen LogP contribution in [0.2, 0.25) is 0 Å². The summed E-state index contributed by atoms with van der Waals surface area (Å²) in [6.45, 7) is 16.2. The van der Waals surface area contributed by atoms with Crippen LogP contribution in [0, 0.1) is 40.7 Å². The van der Waals surface area contributed by atoms with Crippen LogP contribution in [-0.4, -0.2) is 9.52 Å². The molecule has 0 aromatic heterocycles. The zero-order valence-electron chi connectivity index (χ0n) is 19.3. The molecule has 0 unspecified atom stereocenters. The van der Waals surface area contributed by atoms with E-state index < -0.39 is 9.52 Å². The summed E-state index contributed by atoms with van der Waals surface area (Å²) >= 11 is 0. The Labute approximate surface area is 216 Å². The molecule has 162 valence electrons. The van der Waals surface area contributed by atoms with Gasteiger partial charge >= 0.3 is 21.7 Å². The van der Waals surface area contributed by atoms with Crippen LogP contribution in [0.15, 0.2) is 16.3 Å². The molecule has 1 aromatic carbocycles. The Balaban J connectivity index is -0.00000169. The van der Waals surface area contributed by atoms with E-state index in [1.165, 1.54) is 61.6 Å². The molecular formula is C24H37Cl3SiTi. The van der Waals surface area contributed by atoms with Gasteiger partial charge in [-0.1, -0.05) is 64.0 Å². The van der Waals surface area contributed by atoms with Crippen LogP contribution in [-0.2, 0) is 21.7 Å². The molecule has 29 heavy (non-hydrogen) atoms. The Morgan fingerprint density at radius 2 is 1.24 bits per heavy atom. The summed E-state index contributed by atoms with van der Waals surface area (Å²) in [7, 11) is -0.397. The minimum atomic E-state index is -0.397. The zero-order chi connectivity index (χ0) is 18.6. The fraction of sp³-hybridized carbons (Fsp3) is 0.583. The number of allylic oxidation sites excluding steroid dienone is 4. The zero-order valence-corrected chi connectivity index (χ0v) is 24.5. The fourth-order valence-corrected chi connectivity index (χ4v) is 6.41. The molecule has 0 atom stereocenters. The van der Waals surface area contributed by atoms with Crippen molar-refractivity contribution in [3.63, 3.8) is 0 Å². The van der Waals surface area contributed by atoms with Crippen molar-refractivity contribution in [2.75, 3.05) is 0 Å². The third-order valence-corrected chi connectivity index (χ3v) is 8.58. The van der Waals surface area contributed by atoms with Crippen LogP contribution >= 0.6 is 0 Å². The number of benzene rings is 1. The van der Waals surface area contributed by atoms with Crippen molar-refractivity contribution < 1.29 is 58.9 Å². The average Bonchev–Trinajstić information content (AvgIpc) is 2.97. The molecule has 2 rings (SSSR count). The van der Waals surface area contributed by atoms with E-state index in [2.05, 4.69) is 54.5 Å². The molecule has 0 radical (unpaired) electrons. The number of unbranched alkanes of at least 4 members (excludes halogenated alkanes) is 2. The summed E-state index contributed by atoms with van der Waals surface area (Å²) in [6, 6.07) is 0. The van der Waals surface area contributed by atoms with Crippen LogP contribution in [0.5, 0.6) is 0 Å². The second kappa shape index (κ2) is 16.2. The third-order valence-electron chi connectivity index (χ3n) is 6.31. The molecule has 0 spiro atoms. The van der Waals surface area contributed by atoms with E-state index >= 15 is 0 Å². The molecule has 0 aliphatic heterocycles. The van der Waals surface area contributed by atoms with Gasteiger partial charge in [0.05, 0.1) is 9.52 Å². The monoisotopic (exact) mass is 506 g/mol. The van der Waals surface area contributed by atoms with E-state index in [4.69, 9.17) is 0 Å². The Morgan fingerprint density at radius 3 is 1.72 bits per heavy atom. The van der Waals surface area contributed by atoms with Crippen LogP contribution in [0.3, 0.4) is 0 Å². The maximum Gasteiger partial charge on any atom is 4.00 e. The molecule has 0 bridgehead atoms. The summed E-state index contributed by atoms with van der Waals surface area (Å²) in [6.07, 6.45) is 12.9. The van der Waals surface area contributed by atoms with E-state index in [-0.39, 0.29) is 58.9 Å². The molecule has 0 fully saturated rings. The van der Waals surface area contributed by atoms with E-state index in [9.17, 15) is 0 Å². The molecule has 5 heteroatoms. The fourth-order valence-electron chi connectivity index (χ4n) is 4.19. The van der Waals surface area contributed by atoms with Crippen molar-refractivity contribution in [1.29, 1.82) is 0 Å². The van der Waals surface area contributed by atoms with E-state index in [1.807, 2.05) is 0 Å². The Kier molecular flexibility index (Phi) is 19.0. The molecule has 0 nitrogen and oxygen atoms in total. The predicted molar refractivity (Wildman–Crippen MR) is 116 cm³/mol. The standard InChI is InChI=1S/C24H37Si.3ClH.Ti/c1-8-10-11-13-22-15-23(14-21(22)12-9-2)25-24-19(6)17(4)16(3)18(5)20(24)7;;;;/h8-13,15,25H2,1-7H3;3*1H;/q-1;;;;+4/p-3. The second-order valence-corrected chi connectivity index (χ2v) is 9.89. The first-order valence-electron chi connectivity index (χ1n) is 10.3. The quantitative estimate of drug-likeness (QED) is 0.198. The first-order chi connectivity index (χ1) is 11.9. The number of halogens is 3. The summed E-state index contributed by atoms with van der Waals surface area (Å²) in [4.78, 5) is 0. The first-order valence-corrected chi connectivity index (χ1v) is 11.7. The smallest absolute Gasteiger partial charge is 1.00 e. The van der Waals surface area contributed by atoms with Crippen LogP contribution in [0.25, 0.3) is 0 Å². The van der Waals surface area contributed by atoms with Gasteiger partial charge in [-0.3, -0.25) is 6.08 Å². The largest absolute Gasteiger partial charge is 4.00 e. The van der Waals surface area contributed by atoms with Gasteiger partial charge in [0.2, 0.25) is 0 Å². The maximum atomic E-state index is 3.88. The Hall–Kier alpha value is 0.501. The normalized spacial score (nSPS) is 12.9. The van der Waals surface area contributed by atoms with E-state index in [0.29, 0.717) is 0 Å². The van der Waals surface area contributed by atoms with Crippen molar-refractivity contribution in [3.8, 4) is 0 Å². The molecule has 0 saturated carbocycles. The number of rotatable bonds is 8. The molecule has 0 N–H and O–H groups in total. The predicted octanol–water partition coefficient (Wildman–Crippen LogP) is -3.20. The number of hydrogen-bond acceptors (Lipinski definition) is 0. The van der Waals surface area contributed by atoms with E-state index in [1.54, 1.807) is 32.7 Å². The van der Waals surface area contributed by atoms with Gasteiger partial charge in [0, 0.05) is 0 Å². The SMILES string of the molecule is CCCCCC1=C(CCC)[C-]=C([SiH2]c2c(C)c(C)c(C)c(C)c2C)C1.[Cl-].[Cl-].[Cl-].[Ti+4]. The number of hydrogen-bond donors (Lipinski definition) is 0. The summed E-state index contributed by atoms with van der Waals surface area (Å²) in [5.41, 5.74) is 10.9. The van der Waals surface area contributed by atoms with Gasteiger partial charge in [-0.15, -0.1) is 0 Å². The average molecular weight is 508 g/mol. The molecular weight excluding hydrogens is 471 g/mol. The summed E-state index contributed by atoms with van der Waals surface area (Å²) in [5.74, 6) is 0. The van der Waals surface area contributed by atoms with Crippen LogP contribution < -0.4 is 42.4 Å². The maximum absolute atomic E-state index is 3.88. The molecule has 0 heterocycles. The minimum Gasteiger partial charge on any atom is -1.00 e. The van der Waals surface area contributed by atoms with Crippen molar-refractivity contribution >= 4 is 14.7 Å². The molecule has 0 saturated heterocycles. The van der Waals surface area contributed by atoms with Crippen LogP contribution in [0.4, 0.5) is 0 Å². The van der Waals surface area contributed by atoms with Gasteiger partial charge in [-0.05, 0) is 62.4 Å². The third kappa shape index (κ3) is 8.51. The topological polar surface area (TPSA) is 0 Å². The van der Waals surface area contributed by atoms with Gasteiger partial charge < -0.3 is 37.2 Å². The molecule has 1 aliphatic rings. The molecule has 0 amide bonds. The molecule has 1 aliphatic carbocycles. The van der Waals surface area contributed by atoms with Gasteiger partial charge in [-0.25, -0.2) is 11.1 Å². The summed E-state index contributed by atoms with van der Waals surface area (Å²) < 4.78 is 0. The van der Waals surface area contributed by atoms with Crippen molar-refractivity contribution in [2.24, 2.45) is 0 Å². The van der Waals surface area contributed by atoms with Gasteiger partial charge in [0.25, 0.3) is 0 Å². The van der Waals surface area contributed by atoms with Crippen molar-refractivity contribution in [3.05, 3.63) is 50.2 Å².